The van der Waals surface area contributed by atoms with Crippen molar-refractivity contribution in [3.63, 3.8) is 0 Å². The van der Waals surface area contributed by atoms with E-state index in [1.165, 1.54) is 6.07 Å². The fourth-order valence-corrected chi connectivity index (χ4v) is 2.30. The van der Waals surface area contributed by atoms with Gasteiger partial charge in [0.15, 0.2) is 0 Å². The van der Waals surface area contributed by atoms with Crippen LogP contribution in [0.5, 0.6) is 0 Å². The van der Waals surface area contributed by atoms with Gasteiger partial charge in [-0.2, -0.15) is 13.2 Å². The molecule has 0 aliphatic carbocycles. The van der Waals surface area contributed by atoms with E-state index in [1.54, 1.807) is 24.3 Å². The Morgan fingerprint density at radius 3 is 2.41 bits per heavy atom. The van der Waals surface area contributed by atoms with Crippen molar-refractivity contribution in [1.82, 2.24) is 0 Å². The number of rotatable bonds is 6. The molecule has 0 spiro atoms. The first kappa shape index (κ1) is 16.4. The molecule has 0 aliphatic heterocycles. The molecule has 1 aromatic carbocycles. The largest absolute Gasteiger partial charge is 0.460 e. The zero-order valence-electron chi connectivity index (χ0n) is 12.5. The van der Waals surface area contributed by atoms with Gasteiger partial charge in [-0.05, 0) is 12.5 Å². The third-order valence-electron chi connectivity index (χ3n) is 3.51. The Kier molecular flexibility index (Phi) is 5.11. The Hall–Kier alpha value is -1.97. The van der Waals surface area contributed by atoms with Crippen molar-refractivity contribution in [2.24, 2.45) is 0 Å². The average molecular weight is 308 g/mol. The van der Waals surface area contributed by atoms with Gasteiger partial charge in [0.25, 0.3) is 0 Å². The molecule has 1 nitrogen and oxygen atoms in total. The van der Waals surface area contributed by atoms with Crippen LogP contribution in [0.1, 0.15) is 37.5 Å². The molecule has 0 amide bonds. The number of furan rings is 1. The molecule has 0 saturated heterocycles. The van der Waals surface area contributed by atoms with Crippen LogP contribution in [0.15, 0.2) is 47.4 Å². The van der Waals surface area contributed by atoms with Gasteiger partial charge >= 0.3 is 6.18 Å². The van der Waals surface area contributed by atoms with Gasteiger partial charge in [0.1, 0.15) is 11.5 Å². The van der Waals surface area contributed by atoms with Gasteiger partial charge in [0.2, 0.25) is 0 Å². The predicted octanol–water partition coefficient (Wildman–Crippen LogP) is 6.25. The SMILES string of the molecule is C=C(c1cc(CCCCC)oc1-c1ccccc1)C(F)(F)F. The quantitative estimate of drug-likeness (QED) is 0.574. The third-order valence-corrected chi connectivity index (χ3v) is 3.51. The van der Waals surface area contributed by atoms with E-state index in [1.807, 2.05) is 6.07 Å². The second-order valence-electron chi connectivity index (χ2n) is 5.25. The Labute approximate surface area is 128 Å². The molecule has 2 rings (SSSR count). The summed E-state index contributed by atoms with van der Waals surface area (Å²) in [6.07, 6.45) is -0.853. The van der Waals surface area contributed by atoms with Gasteiger partial charge in [-0.15, -0.1) is 0 Å². The topological polar surface area (TPSA) is 13.1 Å². The molecule has 0 unspecified atom stereocenters. The summed E-state index contributed by atoms with van der Waals surface area (Å²) in [5, 5.41) is 0. The molecule has 1 aromatic heterocycles. The summed E-state index contributed by atoms with van der Waals surface area (Å²) in [7, 11) is 0. The molecule has 0 bridgehead atoms. The lowest BCUT2D eigenvalue weighted by Gasteiger charge is -2.09. The molecule has 0 atom stereocenters. The highest BCUT2D eigenvalue weighted by Crippen LogP contribution is 2.39. The minimum Gasteiger partial charge on any atom is -0.460 e. The smallest absolute Gasteiger partial charge is 0.416 e. The molecule has 4 heteroatoms. The van der Waals surface area contributed by atoms with E-state index in [9.17, 15) is 13.2 Å². The van der Waals surface area contributed by atoms with Crippen molar-refractivity contribution < 1.29 is 17.6 Å². The van der Waals surface area contributed by atoms with Crippen LogP contribution < -0.4 is 0 Å². The summed E-state index contributed by atoms with van der Waals surface area (Å²) in [5.74, 6) is 0.821. The van der Waals surface area contributed by atoms with Crippen LogP contribution in [-0.2, 0) is 6.42 Å². The van der Waals surface area contributed by atoms with E-state index in [2.05, 4.69) is 13.5 Å². The molecule has 2 aromatic rings. The molecule has 0 radical (unpaired) electrons. The lowest BCUT2D eigenvalue weighted by atomic mass is 10.0. The minimum absolute atomic E-state index is 0.0326. The van der Waals surface area contributed by atoms with Crippen molar-refractivity contribution in [3.8, 4) is 11.3 Å². The first-order valence-corrected chi connectivity index (χ1v) is 7.38. The Balaban J connectivity index is 2.39. The lowest BCUT2D eigenvalue weighted by molar-refractivity contribution is -0.0686. The Morgan fingerprint density at radius 2 is 1.82 bits per heavy atom. The monoisotopic (exact) mass is 308 g/mol. The molecule has 118 valence electrons. The maximum absolute atomic E-state index is 13.0. The number of benzene rings is 1. The van der Waals surface area contributed by atoms with Crippen molar-refractivity contribution in [2.45, 2.75) is 38.8 Å². The number of halogens is 3. The van der Waals surface area contributed by atoms with Crippen LogP contribution in [0.2, 0.25) is 0 Å². The molecule has 1 heterocycles. The summed E-state index contributed by atoms with van der Waals surface area (Å²) in [6, 6.07) is 10.3. The third kappa shape index (κ3) is 3.81. The standard InChI is InChI=1S/C18H19F3O/c1-3-4-6-11-15-12-16(13(2)18(19,20)21)17(22-15)14-9-7-5-8-10-14/h5,7-10,12H,2-4,6,11H2,1H3. The second-order valence-corrected chi connectivity index (χ2v) is 5.25. The molecule has 0 fully saturated rings. The number of hydrogen-bond donors (Lipinski definition) is 0. The van der Waals surface area contributed by atoms with E-state index in [-0.39, 0.29) is 11.3 Å². The minimum atomic E-state index is -4.46. The van der Waals surface area contributed by atoms with Crippen molar-refractivity contribution >= 4 is 5.57 Å². The van der Waals surface area contributed by atoms with Crippen LogP contribution in [0.4, 0.5) is 13.2 Å². The second kappa shape index (κ2) is 6.86. The molecular weight excluding hydrogens is 289 g/mol. The van der Waals surface area contributed by atoms with E-state index >= 15 is 0 Å². The number of unbranched alkanes of at least 4 members (excludes halogenated alkanes) is 2. The fourth-order valence-electron chi connectivity index (χ4n) is 2.30. The van der Waals surface area contributed by atoms with Gasteiger partial charge < -0.3 is 4.42 Å². The van der Waals surface area contributed by atoms with Gasteiger partial charge in [0, 0.05) is 17.5 Å². The molecule has 0 aliphatic rings. The lowest BCUT2D eigenvalue weighted by Crippen LogP contribution is -2.09. The van der Waals surface area contributed by atoms with Crippen LogP contribution in [0, 0.1) is 0 Å². The van der Waals surface area contributed by atoms with E-state index in [0.717, 1.165) is 19.3 Å². The van der Waals surface area contributed by atoms with Crippen molar-refractivity contribution in [3.05, 3.63) is 54.3 Å². The highest BCUT2D eigenvalue weighted by Gasteiger charge is 2.35. The van der Waals surface area contributed by atoms with E-state index in [4.69, 9.17) is 4.42 Å². The maximum Gasteiger partial charge on any atom is 0.416 e. The zero-order chi connectivity index (χ0) is 16.2. The van der Waals surface area contributed by atoms with Gasteiger partial charge in [0.05, 0.1) is 5.57 Å². The van der Waals surface area contributed by atoms with Crippen LogP contribution in [0.3, 0.4) is 0 Å². The number of alkyl halides is 3. The number of hydrogen-bond acceptors (Lipinski definition) is 1. The van der Waals surface area contributed by atoms with Crippen molar-refractivity contribution in [2.75, 3.05) is 0 Å². The fraction of sp³-hybridized carbons (Fsp3) is 0.333. The highest BCUT2D eigenvalue weighted by atomic mass is 19.4. The van der Waals surface area contributed by atoms with Gasteiger partial charge in [-0.1, -0.05) is 56.7 Å². The Bertz CT molecular complexity index is 624. The summed E-state index contributed by atoms with van der Waals surface area (Å²) in [5.41, 5.74) is -0.202. The predicted molar refractivity (Wildman–Crippen MR) is 82.5 cm³/mol. The molecule has 0 saturated carbocycles. The first-order valence-electron chi connectivity index (χ1n) is 7.38. The van der Waals surface area contributed by atoms with Crippen LogP contribution in [-0.4, -0.2) is 6.18 Å². The highest BCUT2D eigenvalue weighted by molar-refractivity contribution is 5.79. The molecule has 22 heavy (non-hydrogen) atoms. The Morgan fingerprint density at radius 1 is 1.14 bits per heavy atom. The summed E-state index contributed by atoms with van der Waals surface area (Å²) in [4.78, 5) is 0. The summed E-state index contributed by atoms with van der Waals surface area (Å²) < 4.78 is 44.7. The normalized spacial score (nSPS) is 11.6. The zero-order valence-corrected chi connectivity index (χ0v) is 12.5. The van der Waals surface area contributed by atoms with E-state index in [0.29, 0.717) is 17.7 Å². The number of allylic oxidation sites excluding steroid dienone is 1. The van der Waals surface area contributed by atoms with Gasteiger partial charge in [-0.25, -0.2) is 0 Å². The summed E-state index contributed by atoms with van der Waals surface area (Å²) in [6.45, 7) is 5.28. The van der Waals surface area contributed by atoms with Gasteiger partial charge in [-0.3, -0.25) is 0 Å². The van der Waals surface area contributed by atoms with Crippen molar-refractivity contribution in [1.29, 1.82) is 0 Å². The van der Waals surface area contributed by atoms with Crippen LogP contribution in [0.25, 0.3) is 16.9 Å². The number of aryl methyl sites for hydroxylation is 1. The van der Waals surface area contributed by atoms with E-state index < -0.39 is 11.7 Å². The molecule has 0 N–H and O–H groups in total. The summed E-state index contributed by atoms with van der Waals surface area (Å²) >= 11 is 0. The maximum atomic E-state index is 13.0. The first-order chi connectivity index (χ1) is 10.4. The van der Waals surface area contributed by atoms with Crippen LogP contribution >= 0.6 is 0 Å². The molecular formula is C18H19F3O. The average Bonchev–Trinajstić information content (AvgIpc) is 2.90.